The predicted octanol–water partition coefficient (Wildman–Crippen LogP) is -0.749. The van der Waals surface area contributed by atoms with Crippen LogP contribution in [0.15, 0.2) is 0 Å². The van der Waals surface area contributed by atoms with Crippen LogP contribution in [0.1, 0.15) is 0 Å². The van der Waals surface area contributed by atoms with Crippen LogP contribution >= 0.6 is 25.3 Å². The third-order valence-corrected chi connectivity index (χ3v) is 0.766. The van der Waals surface area contributed by atoms with Crippen LogP contribution in [0.2, 0.25) is 0 Å². The van der Waals surface area contributed by atoms with Crippen molar-refractivity contribution in [3.8, 4) is 0 Å². The van der Waals surface area contributed by atoms with Crippen molar-refractivity contribution in [3.05, 3.63) is 0 Å². The van der Waals surface area contributed by atoms with E-state index in [9.17, 15) is 9.59 Å². The first-order valence-electron chi connectivity index (χ1n) is 1.11. The Balaban J connectivity index is 0. The fraction of sp³-hybridized carbons (Fsp3) is 0. The Morgan fingerprint density at radius 1 is 1.00 bits per heavy atom. The first-order valence-corrected chi connectivity index (χ1v) is 2.00. The summed E-state index contributed by atoms with van der Waals surface area (Å²) in [5.41, 5.74) is 0. The molecule has 0 aromatic carbocycles. The molecule has 7 heavy (non-hydrogen) atoms. The summed E-state index contributed by atoms with van der Waals surface area (Å²) in [4.78, 5) is 19.2. The average molecular weight is 130 g/mol. The number of rotatable bonds is 1. The SMILES string of the molecule is O=C(S)C(=O)S.[LiH]. The molecule has 0 aliphatic rings. The molecule has 0 N–H and O–H groups in total. The summed E-state index contributed by atoms with van der Waals surface area (Å²) in [6, 6.07) is 0. The van der Waals surface area contributed by atoms with Crippen LogP contribution in [-0.2, 0) is 9.59 Å². The van der Waals surface area contributed by atoms with Gasteiger partial charge in [-0.05, 0) is 0 Å². The number of thiol groups is 2. The molecule has 0 saturated carbocycles. The van der Waals surface area contributed by atoms with Gasteiger partial charge in [0.05, 0.1) is 0 Å². The van der Waals surface area contributed by atoms with Crippen molar-refractivity contribution in [3.63, 3.8) is 0 Å². The second-order valence-electron chi connectivity index (χ2n) is 0.610. The van der Waals surface area contributed by atoms with Crippen molar-refractivity contribution < 1.29 is 9.59 Å². The zero-order chi connectivity index (χ0) is 5.15. The summed E-state index contributed by atoms with van der Waals surface area (Å²) in [5.74, 6) is 0. The van der Waals surface area contributed by atoms with Crippen LogP contribution in [0.3, 0.4) is 0 Å². The molecule has 0 unspecified atom stereocenters. The molecule has 2 nitrogen and oxygen atoms in total. The van der Waals surface area contributed by atoms with Crippen LogP contribution in [-0.4, -0.2) is 29.1 Å². The van der Waals surface area contributed by atoms with E-state index < -0.39 is 10.2 Å². The first-order chi connectivity index (χ1) is 2.64. The van der Waals surface area contributed by atoms with E-state index in [0.717, 1.165) is 0 Å². The normalized spacial score (nSPS) is 6.57. The molecule has 0 aliphatic heterocycles. The van der Waals surface area contributed by atoms with Crippen LogP contribution in [0, 0.1) is 0 Å². The van der Waals surface area contributed by atoms with E-state index in [1.165, 1.54) is 0 Å². The summed E-state index contributed by atoms with van der Waals surface area (Å²) in [6.07, 6.45) is 0. The van der Waals surface area contributed by atoms with Gasteiger partial charge >= 0.3 is 18.9 Å². The van der Waals surface area contributed by atoms with Gasteiger partial charge < -0.3 is 0 Å². The molecule has 0 atom stereocenters. The van der Waals surface area contributed by atoms with Crippen molar-refractivity contribution in [1.29, 1.82) is 0 Å². The Bertz CT molecular complexity index is 79.7. The maximum atomic E-state index is 9.58. The van der Waals surface area contributed by atoms with Crippen LogP contribution in [0.25, 0.3) is 0 Å². The van der Waals surface area contributed by atoms with Gasteiger partial charge in [-0.1, -0.05) is 25.3 Å². The van der Waals surface area contributed by atoms with E-state index in [-0.39, 0.29) is 18.9 Å². The van der Waals surface area contributed by atoms with Crippen LogP contribution in [0.4, 0.5) is 0 Å². The van der Waals surface area contributed by atoms with Gasteiger partial charge in [0.2, 0.25) is 0 Å². The predicted molar refractivity (Wildman–Crippen MR) is 35.1 cm³/mol. The van der Waals surface area contributed by atoms with E-state index in [4.69, 9.17) is 0 Å². The van der Waals surface area contributed by atoms with Gasteiger partial charge in [0.25, 0.3) is 10.2 Å². The summed E-state index contributed by atoms with van der Waals surface area (Å²) >= 11 is 6.26. The minimum absolute atomic E-state index is 0. The molecular formula is C2H3LiO2S2. The summed E-state index contributed by atoms with van der Waals surface area (Å²) < 4.78 is 0. The van der Waals surface area contributed by atoms with Crippen molar-refractivity contribution in [2.45, 2.75) is 0 Å². The topological polar surface area (TPSA) is 34.1 Å². The fourth-order valence-corrected chi connectivity index (χ4v) is 0. The Morgan fingerprint density at radius 2 is 1.14 bits per heavy atom. The van der Waals surface area contributed by atoms with Gasteiger partial charge in [-0.25, -0.2) is 0 Å². The third-order valence-electron chi connectivity index (χ3n) is 0.183. The summed E-state index contributed by atoms with van der Waals surface area (Å²) in [5, 5.41) is -1.64. The molecule has 5 heteroatoms. The average Bonchev–Trinajstić information content (AvgIpc) is 1.36. The molecule has 0 fully saturated rings. The van der Waals surface area contributed by atoms with Gasteiger partial charge in [0, 0.05) is 0 Å². The Hall–Kier alpha value is 0.637. The van der Waals surface area contributed by atoms with Crippen molar-refractivity contribution >= 4 is 54.3 Å². The standard InChI is InChI=1S/C2H2O2S2.Li.H/c3-1(5)2(4)6;;/h(H,3,5)(H,4,6);;. The second-order valence-corrected chi connectivity index (χ2v) is 1.42. The Labute approximate surface area is 64.0 Å². The monoisotopic (exact) mass is 130 g/mol. The number of hydrogen-bond acceptors (Lipinski definition) is 2. The summed E-state index contributed by atoms with van der Waals surface area (Å²) in [6.45, 7) is 0. The molecular weight excluding hydrogens is 127 g/mol. The molecule has 0 saturated heterocycles. The Morgan fingerprint density at radius 3 is 1.14 bits per heavy atom. The molecule has 0 heterocycles. The molecule has 0 aliphatic carbocycles. The molecule has 0 radical (unpaired) electrons. The number of carbonyl (C=O) groups excluding carboxylic acids is 2. The van der Waals surface area contributed by atoms with Gasteiger partial charge in [-0.2, -0.15) is 0 Å². The summed E-state index contributed by atoms with van der Waals surface area (Å²) in [7, 11) is 0. The number of carbonyl (C=O) groups is 2. The molecule has 0 bridgehead atoms. The van der Waals surface area contributed by atoms with Crippen molar-refractivity contribution in [2.75, 3.05) is 0 Å². The van der Waals surface area contributed by atoms with E-state index in [0.29, 0.717) is 0 Å². The van der Waals surface area contributed by atoms with E-state index in [1.807, 2.05) is 0 Å². The van der Waals surface area contributed by atoms with Crippen molar-refractivity contribution in [2.24, 2.45) is 0 Å². The molecule has 0 amide bonds. The maximum absolute atomic E-state index is 9.58. The molecule has 0 rings (SSSR count). The second kappa shape index (κ2) is 4.79. The molecule has 0 spiro atoms. The molecule has 0 aromatic rings. The van der Waals surface area contributed by atoms with Gasteiger partial charge in [-0.3, -0.25) is 9.59 Å². The quantitative estimate of drug-likeness (QED) is 0.278. The van der Waals surface area contributed by atoms with E-state index in [2.05, 4.69) is 25.3 Å². The zero-order valence-corrected chi connectivity index (χ0v) is 4.50. The van der Waals surface area contributed by atoms with Crippen molar-refractivity contribution in [1.82, 2.24) is 0 Å². The third kappa shape index (κ3) is 6.64. The minimum atomic E-state index is -0.821. The van der Waals surface area contributed by atoms with E-state index >= 15 is 0 Å². The van der Waals surface area contributed by atoms with Gasteiger partial charge in [-0.15, -0.1) is 0 Å². The van der Waals surface area contributed by atoms with Crippen LogP contribution in [0.5, 0.6) is 0 Å². The Kier molecular flexibility index (Phi) is 7.24. The van der Waals surface area contributed by atoms with Crippen LogP contribution < -0.4 is 0 Å². The molecule has 0 aromatic heterocycles. The fourth-order valence-electron chi connectivity index (χ4n) is 0. The number of hydrogen-bond donors (Lipinski definition) is 2. The van der Waals surface area contributed by atoms with E-state index in [1.54, 1.807) is 0 Å². The zero-order valence-electron chi connectivity index (χ0n) is 2.71. The van der Waals surface area contributed by atoms with Gasteiger partial charge in [0.1, 0.15) is 0 Å². The van der Waals surface area contributed by atoms with Gasteiger partial charge in [0.15, 0.2) is 0 Å². The molecule has 36 valence electrons. The first kappa shape index (κ1) is 10.6.